The lowest BCUT2D eigenvalue weighted by atomic mass is 9.90. The van der Waals surface area contributed by atoms with E-state index in [9.17, 15) is 4.79 Å². The van der Waals surface area contributed by atoms with Crippen LogP contribution in [-0.4, -0.2) is 21.4 Å². The number of aromatic amines is 1. The number of H-pyrrole nitrogens is 1. The Kier molecular flexibility index (Phi) is 5.90. The monoisotopic (exact) mass is 452 g/mol. The minimum Gasteiger partial charge on any atom is -0.460 e. The Morgan fingerprint density at radius 1 is 1.09 bits per heavy atom. The van der Waals surface area contributed by atoms with E-state index in [2.05, 4.69) is 26.7 Å². The third kappa shape index (κ3) is 4.45. The van der Waals surface area contributed by atoms with Gasteiger partial charge in [-0.25, -0.2) is 0 Å². The molecule has 2 unspecified atom stereocenters. The maximum atomic E-state index is 13.7. The molecule has 0 aliphatic rings. The summed E-state index contributed by atoms with van der Waals surface area (Å²) in [6.07, 6.45) is 5.99. The van der Waals surface area contributed by atoms with Gasteiger partial charge in [-0.15, -0.1) is 0 Å². The van der Waals surface area contributed by atoms with Crippen LogP contribution in [0, 0.1) is 0 Å². The summed E-state index contributed by atoms with van der Waals surface area (Å²) in [7, 11) is 0. The normalized spacial score (nSPS) is 14.2. The Morgan fingerprint density at radius 2 is 1.85 bits per heavy atom. The van der Waals surface area contributed by atoms with Crippen LogP contribution in [-0.2, 0) is 17.8 Å². The predicted molar refractivity (Wildman–Crippen MR) is 134 cm³/mol. The lowest BCUT2D eigenvalue weighted by molar-refractivity contribution is -0.127. The number of fused-ring (bicyclic) bond motifs is 2. The number of carbonyl (C=O) groups excluding carboxylic acids is 1. The number of hydrogen-bond donors (Lipinski definition) is 3. The molecule has 0 aliphatic carbocycles. The van der Waals surface area contributed by atoms with Crippen molar-refractivity contribution in [2.24, 2.45) is 0 Å². The quantitative estimate of drug-likeness (QED) is 0.299. The summed E-state index contributed by atoms with van der Waals surface area (Å²) < 4.78 is 5.99. The van der Waals surface area contributed by atoms with Gasteiger partial charge in [-0.3, -0.25) is 15.1 Å². The van der Waals surface area contributed by atoms with Crippen LogP contribution in [0.3, 0.4) is 0 Å². The maximum Gasteiger partial charge on any atom is 0.240 e. The topological polar surface area (TPSA) is 83.0 Å². The highest BCUT2D eigenvalue weighted by atomic mass is 16.3. The molecule has 0 saturated carbocycles. The number of hydrogen-bond acceptors (Lipinski definition) is 4. The molecule has 3 aromatic heterocycles. The number of nitrogens with zero attached hydrogens (tertiary/aromatic N) is 1. The van der Waals surface area contributed by atoms with Gasteiger partial charge in [0.2, 0.25) is 5.91 Å². The fourth-order valence-electron chi connectivity index (χ4n) is 4.38. The van der Waals surface area contributed by atoms with E-state index in [1.54, 1.807) is 12.4 Å². The van der Waals surface area contributed by atoms with Crippen LogP contribution in [0.25, 0.3) is 21.9 Å². The lowest BCUT2D eigenvalue weighted by Crippen LogP contribution is -2.56. The van der Waals surface area contributed by atoms with Crippen LogP contribution in [0.1, 0.15) is 36.8 Å². The van der Waals surface area contributed by atoms with Gasteiger partial charge >= 0.3 is 0 Å². The highest BCUT2D eigenvalue weighted by Gasteiger charge is 2.35. The number of para-hydroxylation sites is 2. The maximum absolute atomic E-state index is 13.7. The van der Waals surface area contributed by atoms with E-state index in [1.165, 1.54) is 0 Å². The predicted octanol–water partition coefficient (Wildman–Crippen LogP) is 5.28. The Bertz CT molecular complexity index is 1390. The molecule has 1 amide bonds. The van der Waals surface area contributed by atoms with Gasteiger partial charge in [-0.05, 0) is 55.3 Å². The Morgan fingerprint density at radius 3 is 2.68 bits per heavy atom. The van der Waals surface area contributed by atoms with Crippen LogP contribution in [0.2, 0.25) is 0 Å². The number of aromatic nitrogens is 2. The molecule has 172 valence electrons. The van der Waals surface area contributed by atoms with Gasteiger partial charge in [0.25, 0.3) is 0 Å². The molecule has 0 aliphatic heterocycles. The zero-order valence-electron chi connectivity index (χ0n) is 19.3. The molecule has 0 saturated heterocycles. The Balaban J connectivity index is 1.41. The second-order valence-electron chi connectivity index (χ2n) is 8.95. The number of nitrogens with one attached hydrogen (secondary N) is 3. The lowest BCUT2D eigenvalue weighted by Gasteiger charge is -2.31. The molecule has 3 N–H and O–H groups in total. The molecule has 0 radical (unpaired) electrons. The summed E-state index contributed by atoms with van der Waals surface area (Å²) in [4.78, 5) is 21.1. The van der Waals surface area contributed by atoms with Crippen LogP contribution in [0.15, 0.2) is 89.7 Å². The average molecular weight is 453 g/mol. The number of rotatable bonds is 8. The first-order valence-electron chi connectivity index (χ1n) is 11.5. The summed E-state index contributed by atoms with van der Waals surface area (Å²) in [5.74, 6) is 0.722. The zero-order chi connectivity index (χ0) is 23.5. The largest absolute Gasteiger partial charge is 0.460 e. The minimum absolute atomic E-state index is 0.0711. The third-order valence-corrected chi connectivity index (χ3v) is 6.40. The van der Waals surface area contributed by atoms with Gasteiger partial charge < -0.3 is 14.7 Å². The number of benzene rings is 2. The van der Waals surface area contributed by atoms with Crippen molar-refractivity contribution in [3.63, 3.8) is 0 Å². The smallest absolute Gasteiger partial charge is 0.240 e. The van der Waals surface area contributed by atoms with Gasteiger partial charge in [0.05, 0.1) is 18.1 Å². The summed E-state index contributed by atoms with van der Waals surface area (Å²) in [5.41, 5.74) is 3.12. The van der Waals surface area contributed by atoms with Gasteiger partial charge in [0.15, 0.2) is 0 Å². The van der Waals surface area contributed by atoms with Crippen LogP contribution < -0.4 is 10.6 Å². The molecule has 2 aromatic carbocycles. The Labute approximate surface area is 198 Å². The van der Waals surface area contributed by atoms with Crippen molar-refractivity contribution in [1.29, 1.82) is 0 Å². The molecule has 5 rings (SSSR count). The number of carbonyl (C=O) groups is 1. The molecule has 34 heavy (non-hydrogen) atoms. The molecule has 3 heterocycles. The van der Waals surface area contributed by atoms with Gasteiger partial charge in [0.1, 0.15) is 11.3 Å². The minimum atomic E-state index is -0.870. The SMILES string of the molecule is CC(NC(=O)C(C)(Cc1c[nH]c2ccccc12)NCc1cc2ccccc2o1)c1ccncc1. The summed E-state index contributed by atoms with van der Waals surface area (Å²) in [6, 6.07) is 21.8. The van der Waals surface area contributed by atoms with E-state index in [0.717, 1.165) is 38.8 Å². The van der Waals surface area contributed by atoms with Gasteiger partial charge in [-0.1, -0.05) is 36.4 Å². The fourth-order valence-corrected chi connectivity index (χ4v) is 4.38. The number of furan rings is 1. The first kappa shape index (κ1) is 21.9. The average Bonchev–Trinajstić information content (AvgIpc) is 3.47. The van der Waals surface area contributed by atoms with Crippen molar-refractivity contribution < 1.29 is 9.21 Å². The third-order valence-electron chi connectivity index (χ3n) is 6.40. The first-order chi connectivity index (χ1) is 16.5. The Hall–Kier alpha value is -3.90. The summed E-state index contributed by atoms with van der Waals surface area (Å²) >= 11 is 0. The standard InChI is InChI=1S/C28H28N4O2/c1-19(20-11-13-29-14-12-20)32-27(33)28(2,16-22-17-30-25-9-5-4-8-24(22)25)31-18-23-15-21-7-3-6-10-26(21)34-23/h3-15,17,19,30-31H,16,18H2,1-2H3,(H,32,33). The van der Waals surface area contributed by atoms with Crippen LogP contribution in [0.4, 0.5) is 0 Å². The van der Waals surface area contributed by atoms with Gasteiger partial charge in [0, 0.05) is 41.3 Å². The fraction of sp³-hybridized carbons (Fsp3) is 0.214. The van der Waals surface area contributed by atoms with E-state index in [1.807, 2.05) is 80.7 Å². The van der Waals surface area contributed by atoms with E-state index in [0.29, 0.717) is 13.0 Å². The first-order valence-corrected chi connectivity index (χ1v) is 11.5. The molecule has 0 fully saturated rings. The molecular formula is C28H28N4O2. The van der Waals surface area contributed by atoms with Crippen LogP contribution in [0.5, 0.6) is 0 Å². The molecular weight excluding hydrogens is 424 g/mol. The summed E-state index contributed by atoms with van der Waals surface area (Å²) in [6.45, 7) is 4.37. The van der Waals surface area contributed by atoms with Crippen molar-refractivity contribution in [2.45, 2.75) is 38.4 Å². The van der Waals surface area contributed by atoms with E-state index < -0.39 is 5.54 Å². The van der Waals surface area contributed by atoms with E-state index >= 15 is 0 Å². The van der Waals surface area contributed by atoms with Gasteiger partial charge in [-0.2, -0.15) is 0 Å². The van der Waals surface area contributed by atoms with Crippen molar-refractivity contribution in [3.05, 3.63) is 102 Å². The second kappa shape index (κ2) is 9.15. The molecule has 6 nitrogen and oxygen atoms in total. The molecule has 5 aromatic rings. The highest BCUT2D eigenvalue weighted by molar-refractivity contribution is 5.89. The van der Waals surface area contributed by atoms with Crippen molar-refractivity contribution in [2.75, 3.05) is 0 Å². The van der Waals surface area contributed by atoms with Crippen molar-refractivity contribution in [1.82, 2.24) is 20.6 Å². The molecule has 2 atom stereocenters. The van der Waals surface area contributed by atoms with E-state index in [-0.39, 0.29) is 11.9 Å². The zero-order valence-corrected chi connectivity index (χ0v) is 19.3. The number of pyridine rings is 1. The molecule has 0 spiro atoms. The van der Waals surface area contributed by atoms with Crippen molar-refractivity contribution in [3.8, 4) is 0 Å². The highest BCUT2D eigenvalue weighted by Crippen LogP contribution is 2.25. The van der Waals surface area contributed by atoms with Crippen molar-refractivity contribution >= 4 is 27.8 Å². The number of amides is 1. The van der Waals surface area contributed by atoms with Crippen LogP contribution >= 0.6 is 0 Å². The molecule has 6 heteroatoms. The summed E-state index contributed by atoms with van der Waals surface area (Å²) in [5, 5.41) is 8.86. The van der Waals surface area contributed by atoms with E-state index in [4.69, 9.17) is 4.42 Å². The molecule has 0 bridgehead atoms. The second-order valence-corrected chi connectivity index (χ2v) is 8.95.